The predicted molar refractivity (Wildman–Crippen MR) is 69.9 cm³/mol. The van der Waals surface area contributed by atoms with Crippen LogP contribution in [0.2, 0.25) is 0 Å². The Morgan fingerprint density at radius 1 is 1.28 bits per heavy atom. The van der Waals surface area contributed by atoms with Gasteiger partial charge in [0, 0.05) is 19.0 Å². The Labute approximate surface area is 109 Å². The number of Topliss-reactive ketones (excluding diaryl/α,β-unsaturated/α-hetero) is 1. The Bertz CT molecular complexity index is 257. The number of hydrogen-bond donors (Lipinski definition) is 3. The first-order chi connectivity index (χ1) is 8.51. The van der Waals surface area contributed by atoms with Crippen molar-refractivity contribution in [1.29, 1.82) is 0 Å². The number of hydrogen-bond acceptors (Lipinski definition) is 5. The number of unbranched alkanes of at least 4 members (excludes halogenated alkanes) is 1. The van der Waals surface area contributed by atoms with Gasteiger partial charge in [0.15, 0.2) is 0 Å². The second-order valence-corrected chi connectivity index (χ2v) is 4.52. The average Bonchev–Trinajstić information content (AvgIpc) is 2.35. The summed E-state index contributed by atoms with van der Waals surface area (Å²) in [4.78, 5) is 26.4. The highest BCUT2D eigenvalue weighted by molar-refractivity contribution is 5.83. The molecule has 0 fully saturated rings. The van der Waals surface area contributed by atoms with Crippen LogP contribution in [0.15, 0.2) is 0 Å². The molecule has 0 bridgehead atoms. The van der Waals surface area contributed by atoms with Crippen LogP contribution >= 0.6 is 0 Å². The molecule has 0 aliphatic heterocycles. The Hall–Kier alpha value is -1.14. The van der Waals surface area contributed by atoms with Gasteiger partial charge in [0.25, 0.3) is 0 Å². The summed E-state index contributed by atoms with van der Waals surface area (Å²) in [6.07, 6.45) is 2.35. The van der Waals surface area contributed by atoms with Gasteiger partial charge in [-0.25, -0.2) is 4.79 Å². The lowest BCUT2D eigenvalue weighted by atomic mass is 10.0. The van der Waals surface area contributed by atoms with Gasteiger partial charge >= 0.3 is 6.09 Å². The lowest BCUT2D eigenvalue weighted by Crippen LogP contribution is -2.40. The second kappa shape index (κ2) is 9.85. The minimum Gasteiger partial charge on any atom is -0.357 e. The fourth-order valence-electron chi connectivity index (χ4n) is 1.69. The first-order valence-electron chi connectivity index (χ1n) is 6.44. The fourth-order valence-corrected chi connectivity index (χ4v) is 1.69. The van der Waals surface area contributed by atoms with E-state index in [2.05, 4.69) is 21.4 Å². The number of nitrogens with two attached hydrogens (primary N) is 1. The van der Waals surface area contributed by atoms with Crippen molar-refractivity contribution in [2.24, 2.45) is 5.90 Å². The Morgan fingerprint density at radius 3 is 2.44 bits per heavy atom. The topological polar surface area (TPSA) is 93.5 Å². The van der Waals surface area contributed by atoms with Gasteiger partial charge in [0.05, 0.1) is 6.04 Å². The van der Waals surface area contributed by atoms with Crippen molar-refractivity contribution in [3.8, 4) is 0 Å². The summed E-state index contributed by atoms with van der Waals surface area (Å²) in [7, 11) is 0. The second-order valence-electron chi connectivity index (χ2n) is 4.52. The molecule has 6 nitrogen and oxygen atoms in total. The third kappa shape index (κ3) is 8.03. The predicted octanol–water partition coefficient (Wildman–Crippen LogP) is 1.10. The number of carbonyl (C=O) groups excluding carboxylic acids is 2. The highest BCUT2D eigenvalue weighted by atomic mass is 16.7. The van der Waals surface area contributed by atoms with E-state index in [0.717, 1.165) is 19.3 Å². The minimum absolute atomic E-state index is 0.0866. The molecule has 0 saturated carbocycles. The van der Waals surface area contributed by atoms with Crippen LogP contribution in [0.4, 0.5) is 4.79 Å². The fraction of sp³-hybridized carbons (Fsp3) is 0.833. The number of ketones is 1. The van der Waals surface area contributed by atoms with E-state index < -0.39 is 6.09 Å². The summed E-state index contributed by atoms with van der Waals surface area (Å²) in [6, 6.07) is 0.201. The molecule has 6 heteroatoms. The van der Waals surface area contributed by atoms with Crippen LogP contribution in [0.1, 0.15) is 46.5 Å². The SMILES string of the molecule is CCC(=O)C(CCCCNC(=O)ON)NC(C)C. The molecule has 0 saturated heterocycles. The molecule has 0 aromatic rings. The Kier molecular flexibility index (Phi) is 9.22. The third-order valence-electron chi connectivity index (χ3n) is 2.57. The molecule has 0 spiro atoms. The van der Waals surface area contributed by atoms with Crippen molar-refractivity contribution >= 4 is 11.9 Å². The number of carbonyl (C=O) groups is 2. The Balaban J connectivity index is 3.82. The minimum atomic E-state index is -0.628. The standard InChI is InChI=1S/C12H25N3O3/c1-4-11(16)10(15-9(2)3)7-5-6-8-14-12(17)18-13/h9-10,15H,4-8,13H2,1-3H3,(H,14,17). The first-order valence-corrected chi connectivity index (χ1v) is 6.44. The van der Waals surface area contributed by atoms with Gasteiger partial charge in [-0.3, -0.25) is 4.79 Å². The quantitative estimate of drug-likeness (QED) is 0.426. The smallest absolute Gasteiger partial charge is 0.357 e. The molecule has 1 amide bonds. The van der Waals surface area contributed by atoms with Crippen LogP contribution in [0.25, 0.3) is 0 Å². The molecule has 0 rings (SSSR count). The van der Waals surface area contributed by atoms with Crippen LogP contribution in [0.3, 0.4) is 0 Å². The molecule has 0 heterocycles. The maximum atomic E-state index is 11.7. The van der Waals surface area contributed by atoms with Crippen molar-refractivity contribution in [3.63, 3.8) is 0 Å². The van der Waals surface area contributed by atoms with E-state index in [4.69, 9.17) is 0 Å². The molecule has 1 atom stereocenters. The molecule has 0 aliphatic rings. The highest BCUT2D eigenvalue weighted by Crippen LogP contribution is 2.05. The summed E-state index contributed by atoms with van der Waals surface area (Å²) >= 11 is 0. The van der Waals surface area contributed by atoms with Crippen LogP contribution in [0, 0.1) is 0 Å². The first kappa shape index (κ1) is 16.9. The molecule has 1 unspecified atom stereocenters. The van der Waals surface area contributed by atoms with Gasteiger partial charge in [-0.15, -0.1) is 0 Å². The van der Waals surface area contributed by atoms with Gasteiger partial charge < -0.3 is 15.5 Å². The lowest BCUT2D eigenvalue weighted by molar-refractivity contribution is -0.121. The summed E-state index contributed by atoms with van der Waals surface area (Å²) in [5.74, 6) is 4.92. The third-order valence-corrected chi connectivity index (χ3v) is 2.57. The van der Waals surface area contributed by atoms with E-state index in [0.29, 0.717) is 13.0 Å². The number of rotatable bonds is 9. The zero-order valence-electron chi connectivity index (χ0n) is 11.5. The van der Waals surface area contributed by atoms with Crippen molar-refractivity contribution in [1.82, 2.24) is 10.6 Å². The van der Waals surface area contributed by atoms with Crippen molar-refractivity contribution < 1.29 is 14.4 Å². The van der Waals surface area contributed by atoms with E-state index in [-0.39, 0.29) is 17.9 Å². The molecule has 18 heavy (non-hydrogen) atoms. The number of nitrogens with one attached hydrogen (secondary N) is 2. The molecule has 4 N–H and O–H groups in total. The van der Waals surface area contributed by atoms with Crippen molar-refractivity contribution in [2.45, 2.75) is 58.5 Å². The highest BCUT2D eigenvalue weighted by Gasteiger charge is 2.16. The number of amides is 1. The van der Waals surface area contributed by atoms with E-state index in [1.54, 1.807) is 0 Å². The molecular formula is C12H25N3O3. The molecule has 0 aromatic carbocycles. The maximum absolute atomic E-state index is 11.7. The molecule has 0 aliphatic carbocycles. The normalized spacial score (nSPS) is 12.3. The zero-order valence-corrected chi connectivity index (χ0v) is 11.5. The van der Waals surface area contributed by atoms with Gasteiger partial charge in [-0.2, -0.15) is 5.90 Å². The largest absolute Gasteiger partial charge is 0.425 e. The maximum Gasteiger partial charge on any atom is 0.425 e. The van der Waals surface area contributed by atoms with E-state index in [9.17, 15) is 9.59 Å². The molecule has 106 valence electrons. The van der Waals surface area contributed by atoms with Gasteiger partial charge in [-0.1, -0.05) is 20.8 Å². The van der Waals surface area contributed by atoms with E-state index >= 15 is 0 Å². The summed E-state index contributed by atoms with van der Waals surface area (Å²) in [5.41, 5.74) is 0. The van der Waals surface area contributed by atoms with Crippen molar-refractivity contribution in [2.75, 3.05) is 6.54 Å². The Morgan fingerprint density at radius 2 is 1.94 bits per heavy atom. The summed E-state index contributed by atoms with van der Waals surface area (Å²) in [5, 5.41) is 5.76. The van der Waals surface area contributed by atoms with E-state index in [1.165, 1.54) is 0 Å². The molecule has 0 aromatic heterocycles. The van der Waals surface area contributed by atoms with Crippen molar-refractivity contribution in [3.05, 3.63) is 0 Å². The monoisotopic (exact) mass is 259 g/mol. The van der Waals surface area contributed by atoms with E-state index in [1.807, 2.05) is 20.8 Å². The van der Waals surface area contributed by atoms with Gasteiger partial charge in [0.1, 0.15) is 5.78 Å². The zero-order chi connectivity index (χ0) is 14.0. The average molecular weight is 259 g/mol. The summed E-state index contributed by atoms with van der Waals surface area (Å²) in [6.45, 7) is 6.42. The summed E-state index contributed by atoms with van der Waals surface area (Å²) < 4.78 is 0. The van der Waals surface area contributed by atoms with Gasteiger partial charge in [0.2, 0.25) is 0 Å². The molecule has 0 radical (unpaired) electrons. The lowest BCUT2D eigenvalue weighted by Gasteiger charge is -2.19. The van der Waals surface area contributed by atoms with Crippen LogP contribution < -0.4 is 16.5 Å². The van der Waals surface area contributed by atoms with Crippen LogP contribution in [-0.2, 0) is 9.63 Å². The van der Waals surface area contributed by atoms with Crippen LogP contribution in [-0.4, -0.2) is 30.5 Å². The molecular weight excluding hydrogens is 234 g/mol. The van der Waals surface area contributed by atoms with Gasteiger partial charge in [-0.05, 0) is 19.3 Å². The van der Waals surface area contributed by atoms with Crippen LogP contribution in [0.5, 0.6) is 0 Å².